The zero-order valence-corrected chi connectivity index (χ0v) is 15.4. The van der Waals surface area contributed by atoms with Crippen molar-refractivity contribution in [3.63, 3.8) is 0 Å². The van der Waals surface area contributed by atoms with Crippen LogP contribution in [-0.4, -0.2) is 16.1 Å². The summed E-state index contributed by atoms with van der Waals surface area (Å²) in [7, 11) is 0. The van der Waals surface area contributed by atoms with Crippen LogP contribution in [-0.2, 0) is 5.75 Å². The molecule has 0 bridgehead atoms. The molecule has 1 aromatic heterocycles. The van der Waals surface area contributed by atoms with Crippen LogP contribution in [0.4, 0.5) is 9.52 Å². The van der Waals surface area contributed by atoms with Gasteiger partial charge in [-0.25, -0.2) is 4.39 Å². The lowest BCUT2D eigenvalue weighted by atomic mass is 10.1. The average molecular weight is 373 g/mol. The molecule has 4 nitrogen and oxygen atoms in total. The molecule has 0 aliphatic carbocycles. The fraction of sp³-hybridized carbons (Fsp3) is 0.167. The molecule has 7 heteroatoms. The van der Waals surface area contributed by atoms with Gasteiger partial charge in [0.25, 0.3) is 5.91 Å². The molecule has 1 amide bonds. The number of anilines is 1. The maximum Gasteiger partial charge on any atom is 0.260 e. The summed E-state index contributed by atoms with van der Waals surface area (Å²) in [5.74, 6) is -0.307. The van der Waals surface area contributed by atoms with Gasteiger partial charge in [0.15, 0.2) is 4.34 Å². The highest BCUT2D eigenvalue weighted by molar-refractivity contribution is 8.00. The van der Waals surface area contributed by atoms with Crippen LogP contribution in [0, 0.1) is 19.7 Å². The first kappa shape index (κ1) is 17.6. The van der Waals surface area contributed by atoms with Crippen LogP contribution in [0.2, 0.25) is 0 Å². The fourth-order valence-corrected chi connectivity index (χ4v) is 4.03. The number of nitrogens with one attached hydrogen (secondary N) is 1. The van der Waals surface area contributed by atoms with Crippen LogP contribution in [0.5, 0.6) is 0 Å². The Balaban J connectivity index is 1.64. The molecule has 1 heterocycles. The van der Waals surface area contributed by atoms with Gasteiger partial charge in [-0.1, -0.05) is 59.0 Å². The van der Waals surface area contributed by atoms with Gasteiger partial charge in [-0.2, -0.15) is 0 Å². The van der Waals surface area contributed by atoms with Crippen LogP contribution in [0.15, 0.2) is 46.8 Å². The van der Waals surface area contributed by atoms with Crippen LogP contribution in [0.3, 0.4) is 0 Å². The molecule has 0 aliphatic heterocycles. The molecule has 0 spiro atoms. The standard InChI is InChI=1S/C18H16FN3OS2/c1-11-7-8-12(2)13(9-11)10-24-18-22-21-17(25-18)20-16(23)14-5-3-4-6-15(14)19/h3-9H,10H2,1-2H3,(H,20,21,23). The van der Waals surface area contributed by atoms with Crippen LogP contribution >= 0.6 is 23.1 Å². The Morgan fingerprint density at radius 1 is 1.20 bits per heavy atom. The maximum absolute atomic E-state index is 13.6. The van der Waals surface area contributed by atoms with Crippen molar-refractivity contribution in [2.75, 3.05) is 5.32 Å². The number of hydrogen-bond acceptors (Lipinski definition) is 5. The van der Waals surface area contributed by atoms with E-state index >= 15 is 0 Å². The molecule has 128 valence electrons. The molecule has 0 saturated heterocycles. The highest BCUT2D eigenvalue weighted by Crippen LogP contribution is 2.29. The van der Waals surface area contributed by atoms with Gasteiger partial charge >= 0.3 is 0 Å². The van der Waals surface area contributed by atoms with Gasteiger partial charge in [-0.05, 0) is 37.1 Å². The van der Waals surface area contributed by atoms with E-state index in [1.807, 2.05) is 0 Å². The second-order valence-corrected chi connectivity index (χ2v) is 7.73. The number of aryl methyl sites for hydroxylation is 2. The molecule has 2 aromatic carbocycles. The molecule has 3 rings (SSSR count). The second-order valence-electron chi connectivity index (χ2n) is 5.53. The van der Waals surface area contributed by atoms with Crippen molar-refractivity contribution in [3.05, 3.63) is 70.5 Å². The molecular formula is C18H16FN3OS2. The summed E-state index contributed by atoms with van der Waals surface area (Å²) in [6.07, 6.45) is 0. The van der Waals surface area contributed by atoms with E-state index in [-0.39, 0.29) is 5.56 Å². The number of thioether (sulfide) groups is 1. The van der Waals surface area contributed by atoms with E-state index in [1.165, 1.54) is 40.2 Å². The minimum Gasteiger partial charge on any atom is -0.296 e. The first-order valence-corrected chi connectivity index (χ1v) is 9.41. The van der Waals surface area contributed by atoms with Gasteiger partial charge in [0, 0.05) is 5.75 Å². The van der Waals surface area contributed by atoms with Crippen LogP contribution in [0.1, 0.15) is 27.0 Å². The highest BCUT2D eigenvalue weighted by Gasteiger charge is 2.14. The Bertz CT molecular complexity index is 911. The van der Waals surface area contributed by atoms with E-state index in [4.69, 9.17) is 0 Å². The molecule has 0 aliphatic rings. The third kappa shape index (κ3) is 4.43. The number of hydrogen-bond donors (Lipinski definition) is 1. The van der Waals surface area contributed by atoms with Crippen LogP contribution in [0.25, 0.3) is 0 Å². The second kappa shape index (κ2) is 7.76. The van der Waals surface area contributed by atoms with Crippen LogP contribution < -0.4 is 5.32 Å². The molecular weight excluding hydrogens is 357 g/mol. The van der Waals surface area contributed by atoms with E-state index in [0.717, 1.165) is 10.1 Å². The zero-order valence-electron chi connectivity index (χ0n) is 13.7. The minimum absolute atomic E-state index is 0.0118. The van der Waals surface area contributed by atoms with E-state index in [1.54, 1.807) is 23.9 Å². The summed E-state index contributed by atoms with van der Waals surface area (Å²) in [4.78, 5) is 12.1. The first-order chi connectivity index (χ1) is 12.0. The number of carbonyl (C=O) groups excluding carboxylic acids is 1. The fourth-order valence-electron chi connectivity index (χ4n) is 2.22. The number of nitrogens with zero attached hydrogens (tertiary/aromatic N) is 2. The number of carbonyl (C=O) groups is 1. The van der Waals surface area contributed by atoms with Gasteiger partial charge < -0.3 is 0 Å². The molecule has 0 radical (unpaired) electrons. The largest absolute Gasteiger partial charge is 0.296 e. The lowest BCUT2D eigenvalue weighted by molar-refractivity contribution is 0.102. The van der Waals surface area contributed by atoms with E-state index in [2.05, 4.69) is 47.6 Å². The average Bonchev–Trinajstić information content (AvgIpc) is 3.03. The minimum atomic E-state index is -0.561. The summed E-state index contributed by atoms with van der Waals surface area (Å²) in [6, 6.07) is 12.2. The summed E-state index contributed by atoms with van der Waals surface area (Å²) in [5, 5.41) is 11.0. The van der Waals surface area contributed by atoms with Gasteiger partial charge in [0.05, 0.1) is 5.56 Å². The Morgan fingerprint density at radius 3 is 2.80 bits per heavy atom. The Labute approximate surface area is 153 Å². The molecule has 25 heavy (non-hydrogen) atoms. The molecule has 0 fully saturated rings. The summed E-state index contributed by atoms with van der Waals surface area (Å²) in [6.45, 7) is 4.14. The van der Waals surface area contributed by atoms with E-state index < -0.39 is 11.7 Å². The van der Waals surface area contributed by atoms with Crippen molar-refractivity contribution in [2.24, 2.45) is 0 Å². The van der Waals surface area contributed by atoms with Crippen molar-refractivity contribution in [3.8, 4) is 0 Å². The molecule has 0 saturated carbocycles. The van der Waals surface area contributed by atoms with E-state index in [0.29, 0.717) is 5.13 Å². The Kier molecular flexibility index (Phi) is 5.45. The van der Waals surface area contributed by atoms with Gasteiger partial charge in [-0.15, -0.1) is 10.2 Å². The number of benzene rings is 2. The molecule has 1 N–H and O–H groups in total. The van der Waals surface area contributed by atoms with E-state index in [9.17, 15) is 9.18 Å². The number of halogens is 1. The first-order valence-electron chi connectivity index (χ1n) is 7.61. The number of rotatable bonds is 5. The predicted octanol–water partition coefficient (Wildman–Crippen LogP) is 4.84. The lowest BCUT2D eigenvalue weighted by Crippen LogP contribution is -2.13. The Hall–Kier alpha value is -2.25. The SMILES string of the molecule is Cc1ccc(C)c(CSc2nnc(NC(=O)c3ccccc3F)s2)c1. The Morgan fingerprint density at radius 2 is 2.00 bits per heavy atom. The predicted molar refractivity (Wildman–Crippen MR) is 99.7 cm³/mol. The summed E-state index contributed by atoms with van der Waals surface area (Å²) < 4.78 is 14.4. The van der Waals surface area contributed by atoms with Gasteiger partial charge in [-0.3, -0.25) is 10.1 Å². The van der Waals surface area contributed by atoms with Gasteiger partial charge in [0.1, 0.15) is 5.82 Å². The monoisotopic (exact) mass is 373 g/mol. The number of aromatic nitrogens is 2. The molecule has 0 atom stereocenters. The smallest absolute Gasteiger partial charge is 0.260 e. The molecule has 3 aromatic rings. The maximum atomic E-state index is 13.6. The zero-order chi connectivity index (χ0) is 17.8. The van der Waals surface area contributed by atoms with Gasteiger partial charge in [0.2, 0.25) is 5.13 Å². The van der Waals surface area contributed by atoms with Crippen molar-refractivity contribution < 1.29 is 9.18 Å². The van der Waals surface area contributed by atoms with Crippen molar-refractivity contribution in [1.82, 2.24) is 10.2 Å². The highest BCUT2D eigenvalue weighted by atomic mass is 32.2. The lowest BCUT2D eigenvalue weighted by Gasteiger charge is -2.05. The third-order valence-corrected chi connectivity index (χ3v) is 5.62. The third-order valence-electron chi connectivity index (χ3n) is 3.60. The summed E-state index contributed by atoms with van der Waals surface area (Å²) in [5.41, 5.74) is 3.69. The normalized spacial score (nSPS) is 10.7. The quantitative estimate of drug-likeness (QED) is 0.514. The molecule has 0 unspecified atom stereocenters. The topological polar surface area (TPSA) is 54.9 Å². The van der Waals surface area contributed by atoms with Crippen molar-refractivity contribution in [2.45, 2.75) is 23.9 Å². The van der Waals surface area contributed by atoms with Crippen molar-refractivity contribution in [1.29, 1.82) is 0 Å². The summed E-state index contributed by atoms with van der Waals surface area (Å²) >= 11 is 2.84. The van der Waals surface area contributed by atoms with Crippen molar-refractivity contribution >= 4 is 34.1 Å². The number of amides is 1.